The van der Waals surface area contributed by atoms with Crippen LogP contribution >= 0.6 is 0 Å². The van der Waals surface area contributed by atoms with Crippen LogP contribution in [-0.2, 0) is 19.1 Å². The average molecular weight is 974 g/mol. The molecule has 0 heterocycles. The second-order valence-corrected chi connectivity index (χ2v) is 19.7. The number of allylic oxidation sites excluding steroid dienone is 16. The summed E-state index contributed by atoms with van der Waals surface area (Å²) in [4.78, 5) is 24.6. The van der Waals surface area contributed by atoms with Crippen molar-refractivity contribution < 1.29 is 24.2 Å². The Kier molecular flexibility index (Phi) is 57.4. The molecule has 0 fully saturated rings. The van der Waals surface area contributed by atoms with Crippen LogP contribution in [0.2, 0.25) is 0 Å². The van der Waals surface area contributed by atoms with Crippen LogP contribution in [0.4, 0.5) is 0 Å². The van der Waals surface area contributed by atoms with Gasteiger partial charge in [0.05, 0.1) is 6.61 Å². The molecule has 1 N–H and O–H groups in total. The van der Waals surface area contributed by atoms with E-state index in [0.29, 0.717) is 12.8 Å². The van der Waals surface area contributed by atoms with Gasteiger partial charge in [0.1, 0.15) is 6.61 Å². The molecule has 0 rings (SSSR count). The summed E-state index contributed by atoms with van der Waals surface area (Å²) in [5, 5.41) is 9.67. The Morgan fingerprint density at radius 3 is 0.943 bits per heavy atom. The molecule has 0 aliphatic rings. The quantitative estimate of drug-likeness (QED) is 0.0373. The Balaban J connectivity index is 3.53. The molecule has 0 spiro atoms. The van der Waals surface area contributed by atoms with Gasteiger partial charge in [-0.2, -0.15) is 0 Å². The van der Waals surface area contributed by atoms with Gasteiger partial charge in [0.2, 0.25) is 0 Å². The van der Waals surface area contributed by atoms with Crippen molar-refractivity contribution in [3.63, 3.8) is 0 Å². The number of unbranched alkanes of at least 4 members (excludes halogenated alkanes) is 30. The second-order valence-electron chi connectivity index (χ2n) is 19.7. The van der Waals surface area contributed by atoms with Crippen molar-refractivity contribution in [1.29, 1.82) is 0 Å². The second kappa shape index (κ2) is 60.1. The molecule has 70 heavy (non-hydrogen) atoms. The maximum atomic E-state index is 12.3. The number of ether oxygens (including phenoxy) is 2. The summed E-state index contributed by atoms with van der Waals surface area (Å²) in [5.74, 6) is -0.599. The van der Waals surface area contributed by atoms with Gasteiger partial charge in [-0.25, -0.2) is 0 Å². The van der Waals surface area contributed by atoms with Crippen LogP contribution in [-0.4, -0.2) is 36.4 Å². The lowest BCUT2D eigenvalue weighted by Gasteiger charge is -2.15. The molecule has 0 aromatic carbocycles. The van der Waals surface area contributed by atoms with Crippen LogP contribution in [0.5, 0.6) is 0 Å². The van der Waals surface area contributed by atoms with Crippen LogP contribution in [0.1, 0.15) is 284 Å². The molecule has 0 bridgehead atoms. The van der Waals surface area contributed by atoms with E-state index in [2.05, 4.69) is 111 Å². The van der Waals surface area contributed by atoms with Crippen molar-refractivity contribution in [3.8, 4) is 0 Å². The summed E-state index contributed by atoms with van der Waals surface area (Å²) in [7, 11) is 0. The van der Waals surface area contributed by atoms with Crippen molar-refractivity contribution >= 4 is 11.9 Å². The summed E-state index contributed by atoms with van der Waals surface area (Å²) >= 11 is 0. The highest BCUT2D eigenvalue weighted by molar-refractivity contribution is 5.70. The largest absolute Gasteiger partial charge is 0.462 e. The average Bonchev–Trinajstić information content (AvgIpc) is 3.36. The molecular formula is C65H112O5. The number of hydrogen-bond donors (Lipinski definition) is 1. The Morgan fingerprint density at radius 1 is 0.343 bits per heavy atom. The monoisotopic (exact) mass is 973 g/mol. The number of carbonyl (C=O) groups excluding carboxylic acids is 2. The van der Waals surface area contributed by atoms with Gasteiger partial charge in [0, 0.05) is 12.8 Å². The van der Waals surface area contributed by atoms with E-state index in [0.717, 1.165) is 89.9 Å². The summed E-state index contributed by atoms with van der Waals surface area (Å²) in [5.41, 5.74) is 0. The summed E-state index contributed by atoms with van der Waals surface area (Å²) in [6.45, 7) is 4.04. The number of esters is 2. The lowest BCUT2D eigenvalue weighted by molar-refractivity contribution is -0.161. The third-order valence-corrected chi connectivity index (χ3v) is 12.9. The first-order valence-electron chi connectivity index (χ1n) is 29.8. The molecule has 0 amide bonds. The van der Waals surface area contributed by atoms with E-state index in [1.165, 1.54) is 167 Å². The minimum Gasteiger partial charge on any atom is -0.462 e. The van der Waals surface area contributed by atoms with Crippen LogP contribution in [0.3, 0.4) is 0 Å². The molecule has 5 heteroatoms. The van der Waals surface area contributed by atoms with Crippen LogP contribution in [0.15, 0.2) is 97.2 Å². The Hall–Kier alpha value is -3.18. The van der Waals surface area contributed by atoms with E-state index in [9.17, 15) is 14.7 Å². The maximum absolute atomic E-state index is 12.3. The van der Waals surface area contributed by atoms with Crippen LogP contribution in [0.25, 0.3) is 0 Å². The molecule has 0 aromatic rings. The predicted octanol–water partition coefficient (Wildman–Crippen LogP) is 20.3. The Bertz CT molecular complexity index is 1330. The summed E-state index contributed by atoms with van der Waals surface area (Å²) in [6, 6.07) is 0. The van der Waals surface area contributed by atoms with Crippen LogP contribution in [0, 0.1) is 0 Å². The fourth-order valence-corrected chi connectivity index (χ4v) is 8.41. The van der Waals surface area contributed by atoms with Gasteiger partial charge in [-0.15, -0.1) is 0 Å². The fourth-order valence-electron chi connectivity index (χ4n) is 8.41. The lowest BCUT2D eigenvalue weighted by atomic mass is 10.0. The highest BCUT2D eigenvalue weighted by Crippen LogP contribution is 2.16. The van der Waals surface area contributed by atoms with Crippen molar-refractivity contribution in [2.75, 3.05) is 13.2 Å². The van der Waals surface area contributed by atoms with Crippen molar-refractivity contribution in [2.45, 2.75) is 290 Å². The zero-order valence-electron chi connectivity index (χ0n) is 46.0. The van der Waals surface area contributed by atoms with Crippen molar-refractivity contribution in [1.82, 2.24) is 0 Å². The highest BCUT2D eigenvalue weighted by Gasteiger charge is 2.16. The van der Waals surface area contributed by atoms with Crippen LogP contribution < -0.4 is 0 Å². The number of aliphatic hydroxyl groups excluding tert-OH is 1. The smallest absolute Gasteiger partial charge is 0.306 e. The predicted molar refractivity (Wildman–Crippen MR) is 306 cm³/mol. The van der Waals surface area contributed by atoms with Crippen molar-refractivity contribution in [2.24, 2.45) is 0 Å². The van der Waals surface area contributed by atoms with Gasteiger partial charge in [0.25, 0.3) is 0 Å². The van der Waals surface area contributed by atoms with E-state index in [-0.39, 0.29) is 25.2 Å². The molecule has 5 nitrogen and oxygen atoms in total. The first-order chi connectivity index (χ1) is 34.6. The third-order valence-electron chi connectivity index (χ3n) is 12.9. The number of carbonyl (C=O) groups is 2. The first kappa shape index (κ1) is 66.8. The molecule has 0 saturated heterocycles. The highest BCUT2D eigenvalue weighted by atomic mass is 16.6. The van der Waals surface area contributed by atoms with Gasteiger partial charge in [-0.3, -0.25) is 9.59 Å². The van der Waals surface area contributed by atoms with E-state index in [1.54, 1.807) is 0 Å². The molecule has 0 radical (unpaired) electrons. The Morgan fingerprint density at radius 2 is 0.614 bits per heavy atom. The van der Waals surface area contributed by atoms with Gasteiger partial charge in [-0.1, -0.05) is 272 Å². The van der Waals surface area contributed by atoms with E-state index < -0.39 is 6.10 Å². The topological polar surface area (TPSA) is 72.8 Å². The summed E-state index contributed by atoms with van der Waals surface area (Å²) < 4.78 is 10.7. The first-order valence-corrected chi connectivity index (χ1v) is 29.8. The molecule has 0 aliphatic heterocycles. The van der Waals surface area contributed by atoms with Gasteiger partial charge in [-0.05, 0) is 96.3 Å². The number of aliphatic hydroxyl groups is 1. The van der Waals surface area contributed by atoms with E-state index in [1.807, 2.05) is 0 Å². The Labute approximate surface area is 434 Å². The van der Waals surface area contributed by atoms with E-state index >= 15 is 0 Å². The normalized spacial score (nSPS) is 12.9. The van der Waals surface area contributed by atoms with E-state index in [4.69, 9.17) is 9.47 Å². The van der Waals surface area contributed by atoms with Gasteiger partial charge < -0.3 is 14.6 Å². The zero-order chi connectivity index (χ0) is 50.6. The minimum atomic E-state index is -0.784. The van der Waals surface area contributed by atoms with Crippen molar-refractivity contribution in [3.05, 3.63) is 97.2 Å². The number of hydrogen-bond acceptors (Lipinski definition) is 5. The molecular weight excluding hydrogens is 861 g/mol. The molecule has 0 saturated carbocycles. The third kappa shape index (κ3) is 57.4. The molecule has 0 aliphatic carbocycles. The molecule has 0 aromatic heterocycles. The molecule has 1 unspecified atom stereocenters. The summed E-state index contributed by atoms with van der Waals surface area (Å²) in [6.07, 6.45) is 85.3. The molecule has 1 atom stereocenters. The van der Waals surface area contributed by atoms with Gasteiger partial charge in [0.15, 0.2) is 6.10 Å². The standard InChI is InChI=1S/C65H112O5/c1-3-5-7-9-11-13-15-17-19-21-23-25-27-29-31-32-34-36-38-40-42-44-46-48-50-52-54-56-58-60-65(68)70-63(61-66)62-69-64(67)59-57-55-53-51-49-47-45-43-41-39-37-35-33-30-28-26-24-22-20-18-16-14-12-10-8-6-4-2/h5,7,11,13,17,19,22-25,29,31,34,36,40,42,63,66H,3-4,6,8-10,12,14-16,18,20-21,26-28,30,32-33,35,37-39,41,43-62H2,1-2H3/b7-5-,13-11-,19-17-,24-22-,25-23-,31-29-,36-34-,42-40-. The maximum Gasteiger partial charge on any atom is 0.306 e. The SMILES string of the molecule is CC/C=C\C/C=C\C/C=C\C/C=C\C/C=C\C/C=C\C/C=C\CCCCCCCCCC(=O)OC(CO)COC(=O)CCCCCCCCCCCCCCCCC/C=C\CCCCCCCCCC. The number of rotatable bonds is 54. The fraction of sp³-hybridized carbons (Fsp3) is 0.723. The minimum absolute atomic E-state index is 0.0733. The van der Waals surface area contributed by atoms with Gasteiger partial charge >= 0.3 is 11.9 Å². The molecule has 402 valence electrons. The zero-order valence-corrected chi connectivity index (χ0v) is 46.0. The lowest BCUT2D eigenvalue weighted by Crippen LogP contribution is -2.28.